The number of nitrogens with two attached hydrogens (primary N) is 1. The van der Waals surface area contributed by atoms with Gasteiger partial charge in [-0.25, -0.2) is 0 Å². The maximum atomic E-state index is 12.5. The molecule has 2 rings (SSSR count). The van der Waals surface area contributed by atoms with Crippen LogP contribution in [0.5, 0.6) is 0 Å². The summed E-state index contributed by atoms with van der Waals surface area (Å²) < 4.78 is 37.5. The Kier molecular flexibility index (Phi) is 4.10. The van der Waals surface area contributed by atoms with Crippen LogP contribution in [0.25, 0.3) is 11.3 Å². The fraction of sp³-hybridized carbons (Fsp3) is 0.308. The third-order valence-electron chi connectivity index (χ3n) is 2.94. The summed E-state index contributed by atoms with van der Waals surface area (Å²) in [5, 5.41) is 15.6. The molecule has 0 spiro atoms. The van der Waals surface area contributed by atoms with Crippen LogP contribution in [0.4, 0.5) is 13.2 Å². The van der Waals surface area contributed by atoms with Gasteiger partial charge in [0.05, 0.1) is 24.1 Å². The third kappa shape index (κ3) is 3.17. The molecule has 7 heteroatoms. The van der Waals surface area contributed by atoms with Crippen molar-refractivity contribution in [3.63, 3.8) is 0 Å². The molecule has 1 aromatic heterocycles. The second kappa shape index (κ2) is 5.64. The van der Waals surface area contributed by atoms with Crippen molar-refractivity contribution < 1.29 is 18.3 Å². The number of aliphatic hydroxyl groups is 1. The first-order valence-electron chi connectivity index (χ1n) is 5.98. The molecule has 0 saturated heterocycles. The van der Waals surface area contributed by atoms with Gasteiger partial charge in [0.15, 0.2) is 0 Å². The van der Waals surface area contributed by atoms with E-state index in [4.69, 9.17) is 10.8 Å². The number of aromatic nitrogens is 2. The molecule has 0 aliphatic rings. The minimum Gasteiger partial charge on any atom is -0.395 e. The minimum atomic E-state index is -4.35. The number of nitrogens with zero attached hydrogens (tertiary/aromatic N) is 1. The van der Waals surface area contributed by atoms with Crippen molar-refractivity contribution in [2.24, 2.45) is 5.73 Å². The predicted octanol–water partition coefficient (Wildman–Crippen LogP) is 1.96. The molecule has 0 saturated carbocycles. The Hall–Kier alpha value is -1.86. The molecule has 0 aliphatic carbocycles. The van der Waals surface area contributed by atoms with Crippen molar-refractivity contribution in [3.8, 4) is 11.3 Å². The van der Waals surface area contributed by atoms with E-state index >= 15 is 0 Å². The second-order valence-electron chi connectivity index (χ2n) is 4.49. The summed E-state index contributed by atoms with van der Waals surface area (Å²) in [5.41, 5.74) is 6.91. The number of H-pyrrole nitrogens is 1. The molecule has 4 nitrogen and oxygen atoms in total. The highest BCUT2D eigenvalue weighted by atomic mass is 19.4. The van der Waals surface area contributed by atoms with E-state index in [0.29, 0.717) is 17.7 Å². The highest BCUT2D eigenvalue weighted by molar-refractivity contribution is 5.63. The van der Waals surface area contributed by atoms with Crippen LogP contribution < -0.4 is 5.73 Å². The average molecular weight is 285 g/mol. The van der Waals surface area contributed by atoms with Crippen LogP contribution in [0.2, 0.25) is 0 Å². The molecule has 20 heavy (non-hydrogen) atoms. The largest absolute Gasteiger partial charge is 0.416 e. The van der Waals surface area contributed by atoms with Gasteiger partial charge in [-0.3, -0.25) is 5.10 Å². The van der Waals surface area contributed by atoms with Crippen LogP contribution >= 0.6 is 0 Å². The summed E-state index contributed by atoms with van der Waals surface area (Å²) in [5.74, 6) is 0. The highest BCUT2D eigenvalue weighted by Gasteiger charge is 2.30. The number of halogens is 3. The van der Waals surface area contributed by atoms with Crippen molar-refractivity contribution in [1.82, 2.24) is 10.2 Å². The average Bonchev–Trinajstić information content (AvgIpc) is 2.86. The molecular weight excluding hydrogens is 271 g/mol. The van der Waals surface area contributed by atoms with Crippen molar-refractivity contribution in [2.45, 2.75) is 18.6 Å². The molecule has 1 atom stereocenters. The lowest BCUT2D eigenvalue weighted by molar-refractivity contribution is -0.137. The van der Waals surface area contributed by atoms with E-state index in [1.807, 2.05) is 0 Å². The summed E-state index contributed by atoms with van der Waals surface area (Å²) in [4.78, 5) is 0. The Balaban J connectivity index is 2.26. The molecule has 1 aromatic carbocycles. The van der Waals surface area contributed by atoms with Gasteiger partial charge in [-0.05, 0) is 29.7 Å². The lowest BCUT2D eigenvalue weighted by Gasteiger charge is -2.10. The standard InChI is InChI=1S/C13H14F3N3O/c14-13(15,16)10-3-1-8(2-4-10)12-9(6-18-19-12)5-11(17)7-20/h1-4,6,11,20H,5,7,17H2,(H,18,19). The van der Waals surface area contributed by atoms with Gasteiger partial charge in [0.2, 0.25) is 0 Å². The van der Waals surface area contributed by atoms with Crippen LogP contribution in [0, 0.1) is 0 Å². The molecule has 4 N–H and O–H groups in total. The molecule has 1 heterocycles. The number of alkyl halides is 3. The fourth-order valence-corrected chi connectivity index (χ4v) is 1.89. The monoisotopic (exact) mass is 285 g/mol. The first kappa shape index (κ1) is 14.5. The lowest BCUT2D eigenvalue weighted by Crippen LogP contribution is -2.26. The summed E-state index contributed by atoms with van der Waals surface area (Å²) in [7, 11) is 0. The number of hydrogen-bond donors (Lipinski definition) is 3. The molecule has 2 aromatic rings. The van der Waals surface area contributed by atoms with E-state index in [2.05, 4.69) is 10.2 Å². The summed E-state index contributed by atoms with van der Waals surface area (Å²) in [6.07, 6.45) is -2.40. The summed E-state index contributed by atoms with van der Waals surface area (Å²) in [6, 6.07) is 4.37. The minimum absolute atomic E-state index is 0.169. The van der Waals surface area contributed by atoms with Gasteiger partial charge in [0.25, 0.3) is 0 Å². The Labute approximate surface area is 113 Å². The summed E-state index contributed by atoms with van der Waals surface area (Å²) in [6.45, 7) is -0.169. The SMILES string of the molecule is NC(CO)Cc1cn[nH]c1-c1ccc(C(F)(F)F)cc1. The zero-order valence-corrected chi connectivity index (χ0v) is 10.5. The molecule has 0 aliphatic heterocycles. The fourth-order valence-electron chi connectivity index (χ4n) is 1.89. The molecule has 1 unspecified atom stereocenters. The van der Waals surface area contributed by atoms with Crippen LogP contribution in [-0.2, 0) is 12.6 Å². The number of benzene rings is 1. The van der Waals surface area contributed by atoms with Crippen LogP contribution in [0.3, 0.4) is 0 Å². The van der Waals surface area contributed by atoms with Gasteiger partial charge in [-0.2, -0.15) is 18.3 Å². The predicted molar refractivity (Wildman–Crippen MR) is 67.8 cm³/mol. The Morgan fingerprint density at radius 1 is 1.25 bits per heavy atom. The van der Waals surface area contributed by atoms with Gasteiger partial charge in [0.1, 0.15) is 0 Å². The highest BCUT2D eigenvalue weighted by Crippen LogP contribution is 2.31. The number of aromatic amines is 1. The van der Waals surface area contributed by atoms with Crippen molar-refractivity contribution >= 4 is 0 Å². The van der Waals surface area contributed by atoms with E-state index in [1.54, 1.807) is 6.20 Å². The second-order valence-corrected chi connectivity index (χ2v) is 4.49. The van der Waals surface area contributed by atoms with E-state index in [9.17, 15) is 13.2 Å². The molecular formula is C13H14F3N3O. The van der Waals surface area contributed by atoms with E-state index in [0.717, 1.165) is 17.7 Å². The zero-order chi connectivity index (χ0) is 14.8. The van der Waals surface area contributed by atoms with Gasteiger partial charge in [0, 0.05) is 6.04 Å². The van der Waals surface area contributed by atoms with E-state index < -0.39 is 17.8 Å². The first-order chi connectivity index (χ1) is 9.41. The molecule has 0 radical (unpaired) electrons. The molecule has 0 amide bonds. The molecule has 0 bridgehead atoms. The van der Waals surface area contributed by atoms with Gasteiger partial charge < -0.3 is 10.8 Å². The number of rotatable bonds is 4. The van der Waals surface area contributed by atoms with Crippen LogP contribution in [0.15, 0.2) is 30.5 Å². The maximum Gasteiger partial charge on any atom is 0.416 e. The number of nitrogens with one attached hydrogen (secondary N) is 1. The van der Waals surface area contributed by atoms with E-state index in [1.165, 1.54) is 12.1 Å². The third-order valence-corrected chi connectivity index (χ3v) is 2.94. The van der Waals surface area contributed by atoms with Crippen molar-refractivity contribution in [3.05, 3.63) is 41.6 Å². The van der Waals surface area contributed by atoms with Gasteiger partial charge in [-0.1, -0.05) is 12.1 Å². The smallest absolute Gasteiger partial charge is 0.395 e. The molecule has 0 fully saturated rings. The normalized spacial score (nSPS) is 13.4. The first-order valence-corrected chi connectivity index (χ1v) is 5.98. The Morgan fingerprint density at radius 3 is 2.45 bits per heavy atom. The van der Waals surface area contributed by atoms with E-state index in [-0.39, 0.29) is 6.61 Å². The topological polar surface area (TPSA) is 74.9 Å². The van der Waals surface area contributed by atoms with Crippen molar-refractivity contribution in [1.29, 1.82) is 0 Å². The van der Waals surface area contributed by atoms with Crippen LogP contribution in [-0.4, -0.2) is 28.0 Å². The van der Waals surface area contributed by atoms with Crippen LogP contribution in [0.1, 0.15) is 11.1 Å². The summed E-state index contributed by atoms with van der Waals surface area (Å²) >= 11 is 0. The molecule has 108 valence electrons. The lowest BCUT2D eigenvalue weighted by atomic mass is 10.0. The van der Waals surface area contributed by atoms with Gasteiger partial charge >= 0.3 is 6.18 Å². The van der Waals surface area contributed by atoms with Crippen molar-refractivity contribution in [2.75, 3.05) is 6.61 Å². The Morgan fingerprint density at radius 2 is 1.90 bits per heavy atom. The quantitative estimate of drug-likeness (QED) is 0.804. The Bertz CT molecular complexity index is 563. The number of aliphatic hydroxyl groups excluding tert-OH is 1. The number of hydrogen-bond acceptors (Lipinski definition) is 3. The zero-order valence-electron chi connectivity index (χ0n) is 10.5. The van der Waals surface area contributed by atoms with Gasteiger partial charge in [-0.15, -0.1) is 0 Å². The maximum absolute atomic E-state index is 12.5.